The van der Waals surface area contributed by atoms with Gasteiger partial charge < -0.3 is 5.11 Å². The summed E-state index contributed by atoms with van der Waals surface area (Å²) in [5.41, 5.74) is 0. The second kappa shape index (κ2) is 2.64. The Morgan fingerprint density at radius 1 is 1.75 bits per heavy atom. The molecule has 1 N–H and O–H groups in total. The van der Waals surface area contributed by atoms with Crippen LogP contribution in [0.5, 0.6) is 0 Å². The van der Waals surface area contributed by atoms with Gasteiger partial charge in [-0.2, -0.15) is 0 Å². The molecular weight excluding hydrogens is 215 g/mol. The molecule has 0 spiro atoms. The van der Waals surface area contributed by atoms with Crippen LogP contribution >= 0.6 is 22.6 Å². The van der Waals surface area contributed by atoms with E-state index < -0.39 is 0 Å². The van der Waals surface area contributed by atoms with Crippen LogP contribution in [0.3, 0.4) is 0 Å². The molecule has 0 fully saturated rings. The van der Waals surface area contributed by atoms with E-state index in [1.165, 1.54) is 3.58 Å². The van der Waals surface area contributed by atoms with E-state index in [2.05, 4.69) is 22.6 Å². The van der Waals surface area contributed by atoms with Crippen LogP contribution in [0.25, 0.3) is 0 Å². The highest BCUT2D eigenvalue weighted by molar-refractivity contribution is 14.1. The Balaban J connectivity index is 2.58. The number of halogens is 1. The van der Waals surface area contributed by atoms with Gasteiger partial charge in [0.2, 0.25) is 0 Å². The van der Waals surface area contributed by atoms with Gasteiger partial charge in [-0.25, -0.2) is 0 Å². The fourth-order valence-corrected chi connectivity index (χ4v) is 1.26. The smallest absolute Gasteiger partial charge is 0.0539 e. The summed E-state index contributed by atoms with van der Waals surface area (Å²) in [5.74, 6) is 0.288. The van der Waals surface area contributed by atoms with Crippen LogP contribution in [-0.4, -0.2) is 11.7 Å². The topological polar surface area (TPSA) is 20.2 Å². The number of aliphatic hydroxyl groups excluding tert-OH is 1. The molecule has 0 radical (unpaired) electrons. The van der Waals surface area contributed by atoms with Crippen LogP contribution in [0.4, 0.5) is 0 Å². The van der Waals surface area contributed by atoms with Gasteiger partial charge in [-0.05, 0) is 26.2 Å². The molecule has 1 nitrogen and oxygen atoms in total. The molecule has 0 aromatic rings. The highest BCUT2D eigenvalue weighted by Gasteiger charge is 2.08. The van der Waals surface area contributed by atoms with Crippen molar-refractivity contribution in [3.8, 4) is 0 Å². The van der Waals surface area contributed by atoms with Crippen LogP contribution in [0.15, 0.2) is 21.8 Å². The van der Waals surface area contributed by atoms with Gasteiger partial charge in [0.15, 0.2) is 0 Å². The van der Waals surface area contributed by atoms with Gasteiger partial charge in [-0.3, -0.25) is 0 Å². The fraction of sp³-hybridized carbons (Fsp3) is 0.333. The Hall–Kier alpha value is 0.170. The largest absolute Gasteiger partial charge is 0.395 e. The molecule has 8 heavy (non-hydrogen) atoms. The molecule has 0 saturated heterocycles. The highest BCUT2D eigenvalue weighted by atomic mass is 127. The van der Waals surface area contributed by atoms with Crippen molar-refractivity contribution < 1.29 is 5.11 Å². The summed E-state index contributed by atoms with van der Waals surface area (Å²) in [6, 6.07) is 0. The SMILES string of the molecule is OCC1C=CC=C1I. The third-order valence-corrected chi connectivity index (χ3v) is 2.31. The molecule has 0 aromatic heterocycles. The van der Waals surface area contributed by atoms with Gasteiger partial charge in [0.1, 0.15) is 0 Å². The lowest BCUT2D eigenvalue weighted by molar-refractivity contribution is 0.274. The predicted octanol–water partition coefficient (Wildman–Crippen LogP) is 1.48. The molecule has 0 aromatic carbocycles. The van der Waals surface area contributed by atoms with E-state index >= 15 is 0 Å². The number of hydrogen-bond donors (Lipinski definition) is 1. The van der Waals surface area contributed by atoms with Crippen LogP contribution in [0.2, 0.25) is 0 Å². The molecule has 1 aliphatic carbocycles. The van der Waals surface area contributed by atoms with E-state index in [0.29, 0.717) is 0 Å². The van der Waals surface area contributed by atoms with Crippen LogP contribution < -0.4 is 0 Å². The van der Waals surface area contributed by atoms with Gasteiger partial charge in [0.25, 0.3) is 0 Å². The van der Waals surface area contributed by atoms with Crippen molar-refractivity contribution >= 4 is 22.6 Å². The standard InChI is InChI=1S/C6H7IO/c7-6-3-1-2-5(6)4-8/h1-3,5,8H,4H2. The number of hydrogen-bond acceptors (Lipinski definition) is 1. The van der Waals surface area contributed by atoms with E-state index in [1.807, 2.05) is 18.2 Å². The fourth-order valence-electron chi connectivity index (χ4n) is 0.645. The molecule has 1 aliphatic rings. The molecule has 0 bridgehead atoms. The van der Waals surface area contributed by atoms with Crippen LogP contribution in [-0.2, 0) is 0 Å². The van der Waals surface area contributed by atoms with Crippen molar-refractivity contribution in [2.24, 2.45) is 5.92 Å². The first-order valence-electron chi connectivity index (χ1n) is 2.49. The van der Waals surface area contributed by atoms with E-state index in [9.17, 15) is 0 Å². The lowest BCUT2D eigenvalue weighted by Gasteiger charge is -2.00. The Bertz CT molecular complexity index is 137. The van der Waals surface area contributed by atoms with Crippen molar-refractivity contribution in [2.75, 3.05) is 6.61 Å². The molecule has 2 heteroatoms. The Labute approximate surface area is 62.2 Å². The Morgan fingerprint density at radius 2 is 2.50 bits per heavy atom. The summed E-state index contributed by atoms with van der Waals surface area (Å²) in [4.78, 5) is 0. The predicted molar refractivity (Wildman–Crippen MR) is 41.8 cm³/mol. The van der Waals surface area contributed by atoms with Crippen LogP contribution in [0.1, 0.15) is 0 Å². The van der Waals surface area contributed by atoms with E-state index in [4.69, 9.17) is 5.11 Å². The minimum Gasteiger partial charge on any atom is -0.395 e. The Kier molecular flexibility index (Phi) is 2.08. The monoisotopic (exact) mass is 222 g/mol. The average Bonchev–Trinajstić information content (AvgIpc) is 2.14. The van der Waals surface area contributed by atoms with Crippen molar-refractivity contribution in [3.05, 3.63) is 21.8 Å². The Morgan fingerprint density at radius 3 is 2.75 bits per heavy atom. The molecule has 0 amide bonds. The minimum atomic E-state index is 0.241. The highest BCUT2D eigenvalue weighted by Crippen LogP contribution is 2.23. The minimum absolute atomic E-state index is 0.241. The van der Waals surface area contributed by atoms with E-state index in [-0.39, 0.29) is 12.5 Å². The maximum Gasteiger partial charge on any atom is 0.0539 e. The van der Waals surface area contributed by atoms with Gasteiger partial charge in [-0.1, -0.05) is 18.2 Å². The van der Waals surface area contributed by atoms with Crippen molar-refractivity contribution in [1.82, 2.24) is 0 Å². The third-order valence-electron chi connectivity index (χ3n) is 1.15. The first kappa shape index (κ1) is 6.29. The van der Waals surface area contributed by atoms with Crippen molar-refractivity contribution in [1.29, 1.82) is 0 Å². The first-order chi connectivity index (χ1) is 3.84. The maximum atomic E-state index is 8.64. The summed E-state index contributed by atoms with van der Waals surface area (Å²) < 4.78 is 1.23. The summed E-state index contributed by atoms with van der Waals surface area (Å²) >= 11 is 2.23. The van der Waals surface area contributed by atoms with Gasteiger partial charge >= 0.3 is 0 Å². The van der Waals surface area contributed by atoms with E-state index in [1.54, 1.807) is 0 Å². The third kappa shape index (κ3) is 1.11. The molecule has 44 valence electrons. The van der Waals surface area contributed by atoms with E-state index in [0.717, 1.165) is 0 Å². The van der Waals surface area contributed by atoms with Gasteiger partial charge in [0.05, 0.1) is 6.61 Å². The van der Waals surface area contributed by atoms with Gasteiger partial charge in [-0.15, -0.1) is 0 Å². The zero-order valence-corrected chi connectivity index (χ0v) is 6.50. The molecule has 1 unspecified atom stereocenters. The second-order valence-corrected chi connectivity index (χ2v) is 2.97. The second-order valence-electron chi connectivity index (χ2n) is 1.73. The average molecular weight is 222 g/mol. The lowest BCUT2D eigenvalue weighted by Crippen LogP contribution is -1.97. The molecule has 1 atom stereocenters. The van der Waals surface area contributed by atoms with Gasteiger partial charge in [0, 0.05) is 5.92 Å². The van der Waals surface area contributed by atoms with Crippen molar-refractivity contribution in [3.63, 3.8) is 0 Å². The molecule has 0 aliphatic heterocycles. The molecule has 0 heterocycles. The number of aliphatic hydroxyl groups is 1. The zero-order valence-electron chi connectivity index (χ0n) is 4.34. The molecule has 0 saturated carbocycles. The molecule has 1 rings (SSSR count). The van der Waals surface area contributed by atoms with Crippen LogP contribution in [0, 0.1) is 5.92 Å². The summed E-state index contributed by atoms with van der Waals surface area (Å²) in [6.45, 7) is 0.241. The maximum absolute atomic E-state index is 8.64. The zero-order chi connectivity index (χ0) is 5.98. The normalized spacial score (nSPS) is 26.2. The summed E-state index contributed by atoms with van der Waals surface area (Å²) in [5, 5.41) is 8.64. The number of allylic oxidation sites excluding steroid dienone is 2. The summed E-state index contributed by atoms with van der Waals surface area (Å²) in [6.07, 6.45) is 5.99. The number of rotatable bonds is 1. The summed E-state index contributed by atoms with van der Waals surface area (Å²) in [7, 11) is 0. The quantitative estimate of drug-likeness (QED) is 0.666. The molecular formula is C6H7IO. The lowest BCUT2D eigenvalue weighted by atomic mass is 10.2. The first-order valence-corrected chi connectivity index (χ1v) is 3.57. The van der Waals surface area contributed by atoms with Crippen molar-refractivity contribution in [2.45, 2.75) is 0 Å².